The number of aryl methyl sites for hydroxylation is 1. The van der Waals surface area contributed by atoms with E-state index in [-0.39, 0.29) is 11.8 Å². The topological polar surface area (TPSA) is 50.2 Å². The van der Waals surface area contributed by atoms with E-state index in [1.54, 1.807) is 6.20 Å². The molecular formula is C18H24N4O. The zero-order valence-electron chi connectivity index (χ0n) is 13.6. The van der Waals surface area contributed by atoms with Crippen LogP contribution in [0, 0.1) is 5.92 Å². The van der Waals surface area contributed by atoms with Crippen molar-refractivity contribution in [2.75, 3.05) is 18.4 Å². The predicted octanol–water partition coefficient (Wildman–Crippen LogP) is 2.75. The Labute approximate surface area is 137 Å². The molecule has 0 saturated carbocycles. The van der Waals surface area contributed by atoms with Crippen molar-refractivity contribution in [1.82, 2.24) is 14.7 Å². The number of nitrogens with one attached hydrogen (secondary N) is 1. The minimum absolute atomic E-state index is 0.0532. The summed E-state index contributed by atoms with van der Waals surface area (Å²) in [5.41, 5.74) is 2.09. The smallest absolute Gasteiger partial charge is 0.228 e. The Bertz CT molecular complexity index is 637. The highest BCUT2D eigenvalue weighted by Gasteiger charge is 2.26. The first kappa shape index (κ1) is 15.7. The van der Waals surface area contributed by atoms with Crippen LogP contribution in [0.3, 0.4) is 0 Å². The fourth-order valence-corrected chi connectivity index (χ4v) is 3.10. The summed E-state index contributed by atoms with van der Waals surface area (Å²) in [6.45, 7) is 5.64. The number of piperidine rings is 1. The number of nitrogens with zero attached hydrogens (tertiary/aromatic N) is 3. The first-order valence-electron chi connectivity index (χ1n) is 8.34. The van der Waals surface area contributed by atoms with Crippen LogP contribution in [0.5, 0.6) is 0 Å². The second-order valence-electron chi connectivity index (χ2n) is 6.13. The molecule has 1 aliphatic heterocycles. The van der Waals surface area contributed by atoms with Gasteiger partial charge in [0.15, 0.2) is 0 Å². The number of carbonyl (C=O) groups is 1. The van der Waals surface area contributed by atoms with Crippen molar-refractivity contribution in [2.24, 2.45) is 5.92 Å². The quantitative estimate of drug-likeness (QED) is 0.923. The lowest BCUT2D eigenvalue weighted by Crippen LogP contribution is -2.40. The summed E-state index contributed by atoms with van der Waals surface area (Å²) >= 11 is 0. The predicted molar refractivity (Wildman–Crippen MR) is 91.0 cm³/mol. The Balaban J connectivity index is 1.56. The highest BCUT2D eigenvalue weighted by atomic mass is 16.1. The number of hydrogen-bond acceptors (Lipinski definition) is 3. The van der Waals surface area contributed by atoms with Crippen molar-refractivity contribution in [3.05, 3.63) is 48.3 Å². The van der Waals surface area contributed by atoms with Crippen LogP contribution >= 0.6 is 0 Å². The molecule has 0 bridgehead atoms. The number of hydrogen-bond donors (Lipinski definition) is 1. The average molecular weight is 312 g/mol. The summed E-state index contributed by atoms with van der Waals surface area (Å²) in [6, 6.07) is 10.4. The molecule has 5 heteroatoms. The fourth-order valence-electron chi connectivity index (χ4n) is 3.10. The lowest BCUT2D eigenvalue weighted by molar-refractivity contribution is -0.121. The summed E-state index contributed by atoms with van der Waals surface area (Å²) in [5.74, 6) is 0.163. The van der Waals surface area contributed by atoms with Crippen LogP contribution in [0.2, 0.25) is 0 Å². The zero-order valence-corrected chi connectivity index (χ0v) is 13.6. The maximum atomic E-state index is 12.5. The third kappa shape index (κ3) is 4.20. The van der Waals surface area contributed by atoms with Crippen molar-refractivity contribution < 1.29 is 4.79 Å². The van der Waals surface area contributed by atoms with E-state index in [4.69, 9.17) is 0 Å². The van der Waals surface area contributed by atoms with Crippen molar-refractivity contribution in [3.8, 4) is 0 Å². The van der Waals surface area contributed by atoms with E-state index >= 15 is 0 Å². The maximum absolute atomic E-state index is 12.5. The minimum Gasteiger partial charge on any atom is -0.323 e. The molecule has 1 saturated heterocycles. The van der Waals surface area contributed by atoms with Crippen LogP contribution < -0.4 is 5.32 Å². The lowest BCUT2D eigenvalue weighted by Gasteiger charge is -2.31. The van der Waals surface area contributed by atoms with Crippen molar-refractivity contribution in [2.45, 2.75) is 32.9 Å². The molecule has 0 aliphatic carbocycles. The van der Waals surface area contributed by atoms with Crippen molar-refractivity contribution in [1.29, 1.82) is 0 Å². The summed E-state index contributed by atoms with van der Waals surface area (Å²) in [7, 11) is 0. The molecule has 23 heavy (non-hydrogen) atoms. The summed E-state index contributed by atoms with van der Waals surface area (Å²) in [5, 5.41) is 7.20. The highest BCUT2D eigenvalue weighted by Crippen LogP contribution is 2.20. The van der Waals surface area contributed by atoms with Gasteiger partial charge in [0.25, 0.3) is 0 Å². The van der Waals surface area contributed by atoms with Gasteiger partial charge in [-0.3, -0.25) is 14.4 Å². The van der Waals surface area contributed by atoms with Gasteiger partial charge in [-0.25, -0.2) is 0 Å². The Hall–Kier alpha value is -2.14. The number of rotatable bonds is 5. The first-order chi connectivity index (χ1) is 11.2. The summed E-state index contributed by atoms with van der Waals surface area (Å²) in [4.78, 5) is 14.9. The molecule has 2 aromatic rings. The van der Waals surface area contributed by atoms with Crippen LogP contribution in [-0.2, 0) is 17.9 Å². The molecule has 122 valence electrons. The van der Waals surface area contributed by atoms with Gasteiger partial charge in [-0.15, -0.1) is 0 Å². The monoisotopic (exact) mass is 312 g/mol. The van der Waals surface area contributed by atoms with Gasteiger partial charge in [-0.1, -0.05) is 30.3 Å². The average Bonchev–Trinajstić information content (AvgIpc) is 3.03. The normalized spacial score (nSPS) is 18.7. The van der Waals surface area contributed by atoms with Gasteiger partial charge < -0.3 is 5.32 Å². The number of aromatic nitrogens is 2. The highest BCUT2D eigenvalue weighted by molar-refractivity contribution is 5.92. The largest absolute Gasteiger partial charge is 0.323 e. The van der Waals surface area contributed by atoms with E-state index in [1.807, 2.05) is 23.9 Å². The van der Waals surface area contributed by atoms with E-state index in [9.17, 15) is 4.79 Å². The summed E-state index contributed by atoms with van der Waals surface area (Å²) in [6.07, 6.45) is 5.62. The van der Waals surface area contributed by atoms with Gasteiger partial charge in [0.1, 0.15) is 0 Å². The van der Waals surface area contributed by atoms with E-state index in [1.165, 1.54) is 5.56 Å². The molecule has 1 atom stereocenters. The minimum atomic E-state index is 0.0532. The molecule has 1 aromatic heterocycles. The number of anilines is 1. The molecule has 0 radical (unpaired) electrons. The van der Waals surface area contributed by atoms with Crippen LogP contribution in [0.1, 0.15) is 25.3 Å². The van der Waals surface area contributed by atoms with Gasteiger partial charge in [-0.2, -0.15) is 5.10 Å². The lowest BCUT2D eigenvalue weighted by atomic mass is 9.96. The second-order valence-corrected chi connectivity index (χ2v) is 6.13. The third-order valence-electron chi connectivity index (χ3n) is 4.35. The second kappa shape index (κ2) is 7.42. The van der Waals surface area contributed by atoms with Gasteiger partial charge in [-0.05, 0) is 31.9 Å². The molecule has 1 amide bonds. The van der Waals surface area contributed by atoms with Crippen LogP contribution in [0.15, 0.2) is 42.7 Å². The molecule has 3 rings (SSSR count). The van der Waals surface area contributed by atoms with E-state index < -0.39 is 0 Å². The number of carbonyl (C=O) groups excluding carboxylic acids is 1. The zero-order chi connectivity index (χ0) is 16.1. The third-order valence-corrected chi connectivity index (χ3v) is 4.35. The number of benzene rings is 1. The first-order valence-corrected chi connectivity index (χ1v) is 8.34. The molecular weight excluding hydrogens is 288 g/mol. The van der Waals surface area contributed by atoms with Crippen molar-refractivity contribution in [3.63, 3.8) is 0 Å². The maximum Gasteiger partial charge on any atom is 0.228 e. The molecule has 1 fully saturated rings. The Morgan fingerprint density at radius 2 is 2.17 bits per heavy atom. The van der Waals surface area contributed by atoms with E-state index in [2.05, 4.69) is 39.6 Å². The molecule has 2 heterocycles. The van der Waals surface area contributed by atoms with Gasteiger partial charge in [0, 0.05) is 25.8 Å². The standard InChI is InChI=1S/C18H24N4O/c1-2-22-14-17(11-19-22)20-18(23)16-9-6-10-21(13-16)12-15-7-4-3-5-8-15/h3-5,7-8,11,14,16H,2,6,9-10,12-13H2,1H3,(H,20,23)/t16-/m1/s1. The van der Waals surface area contributed by atoms with Crippen LogP contribution in [0.25, 0.3) is 0 Å². The molecule has 1 aliphatic rings. The summed E-state index contributed by atoms with van der Waals surface area (Å²) < 4.78 is 1.82. The molecule has 0 spiro atoms. The van der Waals surface area contributed by atoms with Crippen LogP contribution in [-0.4, -0.2) is 33.7 Å². The molecule has 0 unspecified atom stereocenters. The van der Waals surface area contributed by atoms with Gasteiger partial charge in [0.2, 0.25) is 5.91 Å². The Kier molecular flexibility index (Phi) is 5.08. The van der Waals surface area contributed by atoms with Crippen molar-refractivity contribution >= 4 is 11.6 Å². The van der Waals surface area contributed by atoms with Gasteiger partial charge in [0.05, 0.1) is 17.8 Å². The van der Waals surface area contributed by atoms with Crippen LogP contribution in [0.4, 0.5) is 5.69 Å². The Morgan fingerprint density at radius 1 is 1.35 bits per heavy atom. The van der Waals surface area contributed by atoms with E-state index in [0.29, 0.717) is 0 Å². The van der Waals surface area contributed by atoms with Gasteiger partial charge >= 0.3 is 0 Å². The molecule has 5 nitrogen and oxygen atoms in total. The molecule has 1 N–H and O–H groups in total. The SMILES string of the molecule is CCn1cc(NC(=O)[C@@H]2CCCN(Cc3ccccc3)C2)cn1. The number of amides is 1. The van der Waals surface area contributed by atoms with E-state index in [0.717, 1.165) is 44.7 Å². The number of likely N-dealkylation sites (tertiary alicyclic amines) is 1. The fraction of sp³-hybridized carbons (Fsp3) is 0.444. The Morgan fingerprint density at radius 3 is 2.91 bits per heavy atom. The molecule has 1 aromatic carbocycles.